The van der Waals surface area contributed by atoms with Gasteiger partial charge in [-0.05, 0) is 30.5 Å². The number of para-hydroxylation sites is 2. The minimum Gasteiger partial charge on any atom is -0.310 e. The van der Waals surface area contributed by atoms with E-state index in [0.29, 0.717) is 5.95 Å². The predicted octanol–water partition coefficient (Wildman–Crippen LogP) is 4.42. The summed E-state index contributed by atoms with van der Waals surface area (Å²) in [4.78, 5) is 22.6. The molecule has 7 heteroatoms. The molecule has 3 heterocycles. The van der Waals surface area contributed by atoms with Crippen LogP contribution < -0.4 is 5.32 Å². The zero-order valence-corrected chi connectivity index (χ0v) is 15.2. The number of carbonyl (C=O) groups is 1. The smallest absolute Gasteiger partial charge is 0.232 e. The van der Waals surface area contributed by atoms with Crippen LogP contribution in [-0.2, 0) is 17.8 Å². The van der Waals surface area contributed by atoms with Crippen molar-refractivity contribution in [2.75, 3.05) is 5.32 Å². The molecule has 1 amide bonds. The van der Waals surface area contributed by atoms with Crippen LogP contribution in [0.25, 0.3) is 20.9 Å². The first-order valence-corrected chi connectivity index (χ1v) is 9.74. The molecule has 4 rings (SSSR count). The number of thiophene rings is 1. The Balaban J connectivity index is 1.51. The van der Waals surface area contributed by atoms with Crippen LogP contribution in [0.2, 0.25) is 0 Å². The Morgan fingerprint density at radius 1 is 1.16 bits per heavy atom. The molecule has 0 aliphatic heterocycles. The highest BCUT2D eigenvalue weighted by Crippen LogP contribution is 2.28. The van der Waals surface area contributed by atoms with Gasteiger partial charge in [-0.2, -0.15) is 0 Å². The van der Waals surface area contributed by atoms with E-state index in [4.69, 9.17) is 0 Å². The highest BCUT2D eigenvalue weighted by molar-refractivity contribution is 7.20. The van der Waals surface area contributed by atoms with E-state index < -0.39 is 0 Å². The van der Waals surface area contributed by atoms with Gasteiger partial charge in [0.05, 0.1) is 28.0 Å². The van der Waals surface area contributed by atoms with E-state index >= 15 is 0 Å². The predicted molar refractivity (Wildman–Crippen MR) is 103 cm³/mol. The first kappa shape index (κ1) is 16.0. The summed E-state index contributed by atoms with van der Waals surface area (Å²) in [6.45, 7) is 2.78. The summed E-state index contributed by atoms with van der Waals surface area (Å²) in [5.74, 6) is 0.482. The minimum absolute atomic E-state index is 0.104. The fraction of sp³-hybridized carbons (Fsp3) is 0.167. The summed E-state index contributed by atoms with van der Waals surface area (Å²) in [7, 11) is 0. The van der Waals surface area contributed by atoms with E-state index in [1.807, 2.05) is 58.6 Å². The lowest BCUT2D eigenvalue weighted by molar-refractivity contribution is -0.115. The van der Waals surface area contributed by atoms with Crippen LogP contribution in [0.4, 0.5) is 5.95 Å². The number of nitrogens with one attached hydrogen (secondary N) is 1. The Hall–Kier alpha value is -2.51. The number of rotatable bonds is 5. The van der Waals surface area contributed by atoms with E-state index in [-0.39, 0.29) is 12.3 Å². The van der Waals surface area contributed by atoms with Crippen molar-refractivity contribution < 1.29 is 4.79 Å². The van der Waals surface area contributed by atoms with Crippen LogP contribution >= 0.6 is 22.7 Å². The number of amides is 1. The minimum atomic E-state index is -0.104. The molecule has 0 spiro atoms. The van der Waals surface area contributed by atoms with E-state index in [9.17, 15) is 4.79 Å². The van der Waals surface area contributed by atoms with Crippen molar-refractivity contribution in [1.29, 1.82) is 0 Å². The molecule has 0 atom stereocenters. The third kappa shape index (κ3) is 3.20. The Bertz CT molecular complexity index is 1020. The van der Waals surface area contributed by atoms with Gasteiger partial charge >= 0.3 is 0 Å². The van der Waals surface area contributed by atoms with Crippen LogP contribution in [0.15, 0.2) is 47.2 Å². The van der Waals surface area contributed by atoms with Gasteiger partial charge in [-0.3, -0.25) is 10.1 Å². The van der Waals surface area contributed by atoms with Gasteiger partial charge in [0.2, 0.25) is 11.9 Å². The van der Waals surface area contributed by atoms with Crippen molar-refractivity contribution in [3.8, 4) is 9.88 Å². The molecular formula is C18H16N4OS2. The van der Waals surface area contributed by atoms with Crippen LogP contribution in [0, 0.1) is 0 Å². The average molecular weight is 368 g/mol. The van der Waals surface area contributed by atoms with Gasteiger partial charge in [0.1, 0.15) is 5.01 Å². The zero-order chi connectivity index (χ0) is 17.2. The van der Waals surface area contributed by atoms with Crippen LogP contribution in [0.3, 0.4) is 0 Å². The number of nitrogens with zero attached hydrogens (tertiary/aromatic N) is 3. The maximum Gasteiger partial charge on any atom is 0.232 e. The molecule has 0 unspecified atom stereocenters. The van der Waals surface area contributed by atoms with Gasteiger partial charge in [-0.15, -0.1) is 22.7 Å². The maximum atomic E-state index is 12.4. The SMILES string of the molecule is CCn1c(NC(=O)Cc2csc(-c3cccs3)n2)nc2ccccc21. The number of aromatic nitrogens is 3. The number of imidazole rings is 1. The Morgan fingerprint density at radius 3 is 2.84 bits per heavy atom. The third-order valence-corrected chi connectivity index (χ3v) is 5.78. The average Bonchev–Trinajstić information content (AvgIpc) is 3.33. The molecule has 126 valence electrons. The molecule has 5 nitrogen and oxygen atoms in total. The second-order valence-electron chi connectivity index (χ2n) is 5.51. The van der Waals surface area contributed by atoms with E-state index in [1.165, 1.54) is 0 Å². The molecule has 0 bridgehead atoms. The molecule has 3 aromatic heterocycles. The molecule has 25 heavy (non-hydrogen) atoms. The third-order valence-electron chi connectivity index (χ3n) is 3.85. The number of benzene rings is 1. The molecule has 4 aromatic rings. The number of carbonyl (C=O) groups excluding carboxylic acids is 1. The van der Waals surface area contributed by atoms with Crippen molar-refractivity contribution >= 4 is 45.6 Å². The van der Waals surface area contributed by atoms with Crippen LogP contribution in [0.1, 0.15) is 12.6 Å². The second kappa shape index (κ2) is 6.78. The van der Waals surface area contributed by atoms with Crippen molar-refractivity contribution in [2.45, 2.75) is 19.9 Å². The first-order chi connectivity index (χ1) is 12.2. The van der Waals surface area contributed by atoms with Crippen molar-refractivity contribution in [3.05, 3.63) is 52.9 Å². The summed E-state index contributed by atoms with van der Waals surface area (Å²) < 4.78 is 2.01. The molecule has 0 saturated heterocycles. The second-order valence-corrected chi connectivity index (χ2v) is 7.32. The summed E-state index contributed by atoms with van der Waals surface area (Å²) >= 11 is 3.22. The van der Waals surface area contributed by atoms with Crippen LogP contribution in [-0.4, -0.2) is 20.4 Å². The summed E-state index contributed by atoms with van der Waals surface area (Å²) in [6.07, 6.45) is 0.245. The van der Waals surface area contributed by atoms with E-state index in [0.717, 1.165) is 33.2 Å². The fourth-order valence-electron chi connectivity index (χ4n) is 2.73. The zero-order valence-electron chi connectivity index (χ0n) is 13.6. The molecule has 0 saturated carbocycles. The lowest BCUT2D eigenvalue weighted by Gasteiger charge is -2.06. The standard InChI is InChI=1S/C18H16N4OS2/c1-2-22-14-7-4-3-6-13(14)20-18(22)21-16(23)10-12-11-25-17(19-12)15-8-5-9-24-15/h3-9,11H,2,10H2,1H3,(H,20,21,23). The highest BCUT2D eigenvalue weighted by atomic mass is 32.1. The Morgan fingerprint density at radius 2 is 2.04 bits per heavy atom. The fourth-order valence-corrected chi connectivity index (χ4v) is 4.36. The largest absolute Gasteiger partial charge is 0.310 e. The quantitative estimate of drug-likeness (QED) is 0.567. The topological polar surface area (TPSA) is 59.8 Å². The summed E-state index contributed by atoms with van der Waals surface area (Å²) in [6, 6.07) is 11.9. The van der Waals surface area contributed by atoms with Gasteiger partial charge in [0.25, 0.3) is 0 Å². The number of fused-ring (bicyclic) bond motifs is 1. The van der Waals surface area contributed by atoms with Gasteiger partial charge < -0.3 is 4.57 Å². The number of thiazole rings is 1. The molecule has 1 N–H and O–H groups in total. The van der Waals surface area contributed by atoms with Crippen molar-refractivity contribution in [3.63, 3.8) is 0 Å². The maximum absolute atomic E-state index is 12.4. The molecule has 0 fully saturated rings. The van der Waals surface area contributed by atoms with E-state index in [1.54, 1.807) is 22.7 Å². The number of aryl methyl sites for hydroxylation is 1. The van der Waals surface area contributed by atoms with Gasteiger partial charge in [-0.25, -0.2) is 9.97 Å². The summed E-state index contributed by atoms with van der Waals surface area (Å²) in [5, 5.41) is 7.85. The molecule has 0 aliphatic carbocycles. The van der Waals surface area contributed by atoms with Gasteiger partial charge in [-0.1, -0.05) is 18.2 Å². The lowest BCUT2D eigenvalue weighted by Crippen LogP contribution is -2.17. The van der Waals surface area contributed by atoms with Gasteiger partial charge in [0.15, 0.2) is 0 Å². The normalized spacial score (nSPS) is 11.1. The van der Waals surface area contributed by atoms with Gasteiger partial charge in [0, 0.05) is 11.9 Å². The molecule has 0 radical (unpaired) electrons. The number of hydrogen-bond donors (Lipinski definition) is 1. The number of hydrogen-bond acceptors (Lipinski definition) is 5. The molecule has 0 aliphatic rings. The summed E-state index contributed by atoms with van der Waals surface area (Å²) in [5.41, 5.74) is 2.69. The van der Waals surface area contributed by atoms with E-state index in [2.05, 4.69) is 15.3 Å². The molecule has 1 aromatic carbocycles. The Labute approximate surface area is 153 Å². The van der Waals surface area contributed by atoms with Crippen molar-refractivity contribution in [2.24, 2.45) is 0 Å². The van der Waals surface area contributed by atoms with Crippen molar-refractivity contribution in [1.82, 2.24) is 14.5 Å². The Kier molecular flexibility index (Phi) is 4.33. The number of anilines is 1. The lowest BCUT2D eigenvalue weighted by atomic mass is 10.3. The van der Waals surface area contributed by atoms with Crippen LogP contribution in [0.5, 0.6) is 0 Å². The first-order valence-electron chi connectivity index (χ1n) is 7.98. The highest BCUT2D eigenvalue weighted by Gasteiger charge is 2.14. The molecular weight excluding hydrogens is 352 g/mol. The monoisotopic (exact) mass is 368 g/mol.